The van der Waals surface area contributed by atoms with Crippen LogP contribution in [0, 0.1) is 34.5 Å². The Hall–Kier alpha value is -6.14. The van der Waals surface area contributed by atoms with Crippen LogP contribution in [-0.4, -0.2) is 0 Å². The quantitative estimate of drug-likeness (QED) is 0.138. The van der Waals surface area contributed by atoms with Crippen molar-refractivity contribution in [1.82, 2.24) is 0 Å². The molecule has 48 heavy (non-hydrogen) atoms. The molecule has 0 heterocycles. The lowest BCUT2D eigenvalue weighted by Gasteiger charge is -2.09. The van der Waals surface area contributed by atoms with E-state index in [0.29, 0.717) is 66.3 Å². The fourth-order valence-electron chi connectivity index (χ4n) is 6.23. The van der Waals surface area contributed by atoms with E-state index in [4.69, 9.17) is 0 Å². The van der Waals surface area contributed by atoms with Crippen molar-refractivity contribution in [3.8, 4) is 34.6 Å². The van der Waals surface area contributed by atoms with Crippen molar-refractivity contribution in [1.29, 1.82) is 10.5 Å². The van der Waals surface area contributed by atoms with Crippen molar-refractivity contribution >= 4 is 43.1 Å². The highest BCUT2D eigenvalue weighted by molar-refractivity contribution is 6.21. The molecule has 234 valence electrons. The maximum atomic E-state index is 14.4. The summed E-state index contributed by atoms with van der Waals surface area (Å²) in [6.07, 6.45) is -6.16. The first-order chi connectivity index (χ1) is 22.8. The molecule has 0 saturated heterocycles. The molecule has 7 aromatic carbocycles. The molecule has 7 aromatic rings. The Morgan fingerprint density at radius 2 is 0.750 bits per heavy atom. The van der Waals surface area contributed by atoms with Gasteiger partial charge in [0.2, 0.25) is 12.4 Å². The van der Waals surface area contributed by atoms with E-state index in [1.807, 2.05) is 0 Å². The van der Waals surface area contributed by atoms with Gasteiger partial charge in [-0.1, -0.05) is 36.4 Å². The van der Waals surface area contributed by atoms with E-state index in [9.17, 15) is 45.6 Å². The predicted octanol–water partition coefficient (Wildman–Crippen LogP) is 9.59. The van der Waals surface area contributed by atoms with Gasteiger partial charge in [0.05, 0.1) is 21.8 Å². The summed E-state index contributed by atoms with van der Waals surface area (Å²) in [7, 11) is 0. The molecule has 4 nitrogen and oxygen atoms in total. The van der Waals surface area contributed by atoms with Gasteiger partial charge in [0.1, 0.15) is 11.6 Å². The summed E-state index contributed by atoms with van der Waals surface area (Å²) >= 11 is 0. The molecule has 0 aromatic heterocycles. The van der Waals surface area contributed by atoms with Crippen LogP contribution < -0.4 is 10.7 Å². The molecular weight excluding hydrogens is 640 g/mol. The number of hydrogen-bond acceptors (Lipinski definition) is 4. The first-order valence-corrected chi connectivity index (χ1v) is 14.0. The number of fused-ring (bicyclic) bond motifs is 6. The van der Waals surface area contributed by atoms with Gasteiger partial charge in [-0.05, 0) is 92.3 Å². The van der Waals surface area contributed by atoms with E-state index in [0.717, 1.165) is 24.3 Å². The maximum absolute atomic E-state index is 14.4. The smallest absolute Gasteiger partial charge is 0.206 e. The van der Waals surface area contributed by atoms with Gasteiger partial charge in [-0.15, -0.1) is 0 Å². The molecule has 0 spiro atoms. The van der Waals surface area contributed by atoms with Gasteiger partial charge in [0.15, 0.2) is 0 Å². The Morgan fingerprint density at radius 3 is 1.08 bits per heavy atom. The zero-order chi connectivity index (χ0) is 34.1. The van der Waals surface area contributed by atoms with Crippen LogP contribution in [0.15, 0.2) is 94.9 Å². The minimum atomic E-state index is -4.86. The molecule has 0 amide bonds. The Kier molecular flexibility index (Phi) is 6.81. The fraction of sp³-hybridized carbons (Fsp3) is 0.0556. The van der Waals surface area contributed by atoms with Crippen LogP contribution in [0.4, 0.5) is 35.1 Å². The number of nitrogens with zero attached hydrogens (tertiary/aromatic N) is 4. The summed E-state index contributed by atoms with van der Waals surface area (Å²) in [6, 6.07) is 18.5. The van der Waals surface area contributed by atoms with Gasteiger partial charge in [0.25, 0.3) is 0 Å². The molecule has 12 heteroatoms. The van der Waals surface area contributed by atoms with E-state index < -0.39 is 35.1 Å². The Bertz CT molecular complexity index is 2510. The molecule has 0 bridgehead atoms. The first kappa shape index (κ1) is 30.5. The summed E-state index contributed by atoms with van der Waals surface area (Å²) in [5.41, 5.74) is -1.66. The van der Waals surface area contributed by atoms with E-state index in [1.165, 1.54) is 0 Å². The Labute approximate surface area is 264 Å². The van der Waals surface area contributed by atoms with Crippen LogP contribution in [0.25, 0.3) is 65.3 Å². The van der Waals surface area contributed by atoms with Gasteiger partial charge in [0, 0.05) is 21.5 Å². The molecule has 7 rings (SSSR count). The van der Waals surface area contributed by atoms with Crippen molar-refractivity contribution < 1.29 is 35.1 Å². The third-order valence-electron chi connectivity index (χ3n) is 8.34. The third kappa shape index (κ3) is 4.81. The summed E-state index contributed by atoms with van der Waals surface area (Å²) in [5.74, 6) is -2.86. The molecule has 0 fully saturated rings. The van der Waals surface area contributed by atoms with Crippen molar-refractivity contribution in [2.75, 3.05) is 0 Å². The number of alkyl halides is 6. The first-order valence-electron chi connectivity index (χ1n) is 14.0. The molecule has 0 aliphatic carbocycles. The normalized spacial score (nSPS) is 13.2. The minimum absolute atomic E-state index is 0.180. The van der Waals surface area contributed by atoms with Crippen LogP contribution >= 0.6 is 0 Å². The fourth-order valence-corrected chi connectivity index (χ4v) is 6.23. The summed E-state index contributed by atoms with van der Waals surface area (Å²) in [5, 5.41) is 24.1. The van der Waals surface area contributed by atoms with Gasteiger partial charge in [-0.3, -0.25) is 0 Å². The van der Waals surface area contributed by atoms with Gasteiger partial charge in [-0.25, -0.2) is 8.78 Å². The zero-order valence-electron chi connectivity index (χ0n) is 23.9. The highest BCUT2D eigenvalue weighted by Gasteiger charge is 2.35. The summed E-state index contributed by atoms with van der Waals surface area (Å²) < 4.78 is 107. The SMILES string of the molecule is N#CN=c1c2cc(-c3ccc(C(F)(F)F)c(F)c3)ccc2c2cc3c(=NC#N)c4cc(-c5ccc(C(F)(F)F)c(F)c5)ccc4c3cc12. The van der Waals surface area contributed by atoms with Crippen LogP contribution in [0.1, 0.15) is 11.1 Å². The molecule has 0 saturated carbocycles. The predicted molar refractivity (Wildman–Crippen MR) is 162 cm³/mol. The third-order valence-corrected chi connectivity index (χ3v) is 8.34. The number of nitriles is 2. The second kappa shape index (κ2) is 10.7. The molecule has 0 aliphatic rings. The number of halogens is 8. The molecule has 0 radical (unpaired) electrons. The van der Waals surface area contributed by atoms with E-state index in [-0.39, 0.29) is 21.8 Å². The average Bonchev–Trinajstić information content (AvgIpc) is 3.49. The van der Waals surface area contributed by atoms with Crippen molar-refractivity contribution in [2.45, 2.75) is 12.4 Å². The topological polar surface area (TPSA) is 72.3 Å². The van der Waals surface area contributed by atoms with Gasteiger partial charge in [-0.2, -0.15) is 46.9 Å². The number of rotatable bonds is 2. The standard InChI is InChI=1S/C36H14F8N4/c37-31-11-19(3-7-29(31)35(39,40)41)17-1-5-21-23-13-28-24(14-27(23)33(47-15-45)25(21)9-17)22-6-2-18(10-26(22)34(28)48-16-46)20-4-8-30(32(38)12-20)36(42,43)44/h1-14H. The van der Waals surface area contributed by atoms with Crippen molar-refractivity contribution in [3.63, 3.8) is 0 Å². The number of benzene rings is 5. The van der Waals surface area contributed by atoms with Crippen molar-refractivity contribution in [3.05, 3.63) is 118 Å². The monoisotopic (exact) mass is 654 g/mol. The molecular formula is C36H14F8N4. The summed E-state index contributed by atoms with van der Waals surface area (Å²) in [6.45, 7) is 0. The van der Waals surface area contributed by atoms with Crippen molar-refractivity contribution in [2.24, 2.45) is 9.98 Å². The highest BCUT2D eigenvalue weighted by atomic mass is 19.4. The second-order valence-electron chi connectivity index (χ2n) is 11.0. The van der Waals surface area contributed by atoms with Crippen LogP contribution in [0.3, 0.4) is 0 Å². The maximum Gasteiger partial charge on any atom is 0.419 e. The summed E-state index contributed by atoms with van der Waals surface area (Å²) in [4.78, 5) is 8.06. The molecule has 0 unspecified atom stereocenters. The van der Waals surface area contributed by atoms with Crippen LogP contribution in [0.2, 0.25) is 0 Å². The van der Waals surface area contributed by atoms with E-state index >= 15 is 0 Å². The number of hydrogen-bond donors (Lipinski definition) is 0. The Morgan fingerprint density at radius 1 is 0.417 bits per heavy atom. The largest absolute Gasteiger partial charge is 0.419 e. The molecule has 0 aliphatic heterocycles. The Balaban J connectivity index is 1.45. The van der Waals surface area contributed by atoms with Crippen LogP contribution in [-0.2, 0) is 12.4 Å². The lowest BCUT2D eigenvalue weighted by molar-refractivity contribution is -0.140. The average molecular weight is 655 g/mol. The van der Waals surface area contributed by atoms with Gasteiger partial charge >= 0.3 is 12.4 Å². The lowest BCUT2D eigenvalue weighted by atomic mass is 10.0. The minimum Gasteiger partial charge on any atom is -0.206 e. The van der Waals surface area contributed by atoms with E-state index in [2.05, 4.69) is 9.98 Å². The second-order valence-corrected chi connectivity index (χ2v) is 11.0. The van der Waals surface area contributed by atoms with Crippen LogP contribution in [0.5, 0.6) is 0 Å². The zero-order valence-corrected chi connectivity index (χ0v) is 23.9. The highest BCUT2D eigenvalue weighted by Crippen LogP contribution is 2.38. The lowest BCUT2D eigenvalue weighted by Crippen LogP contribution is -2.07. The molecule has 0 N–H and O–H groups in total. The molecule has 0 atom stereocenters. The van der Waals surface area contributed by atoms with Gasteiger partial charge < -0.3 is 0 Å². The van der Waals surface area contributed by atoms with E-state index in [1.54, 1.807) is 60.9 Å².